The molecule has 2 atom stereocenters. The van der Waals surface area contributed by atoms with Gasteiger partial charge in [0.05, 0.1) is 18.4 Å². The number of ketones is 1. The number of aliphatic imine (C=N–C) groups is 1. The molecule has 2 aliphatic heterocycles. The Morgan fingerprint density at radius 2 is 2.10 bits per heavy atom. The van der Waals surface area contributed by atoms with Gasteiger partial charge in [-0.3, -0.25) is 9.79 Å². The quantitative estimate of drug-likeness (QED) is 0.787. The number of nitrogens with zero attached hydrogens (tertiary/aromatic N) is 2. The zero-order valence-corrected chi connectivity index (χ0v) is 16.9. The largest absolute Gasteiger partial charge is 0.386 e. The molecule has 0 aromatic heterocycles. The standard InChI is InChI=1S/C20H22FN3O4S/c1-18(12-29(26,27)20(17(23)24-18)6-7-28-11-20)14-8-13(2-3-15(14)21)9-16(25)19(10-22)4-5-19/h2-3,8H,4-7,9,11-12H2,1H3,(H2,23,24)/t18-,20-/m0/s1. The number of sulfone groups is 1. The molecule has 0 radical (unpaired) electrons. The van der Waals surface area contributed by atoms with Crippen LogP contribution in [0.15, 0.2) is 23.2 Å². The molecule has 9 heteroatoms. The summed E-state index contributed by atoms with van der Waals surface area (Å²) >= 11 is 0. The zero-order chi connectivity index (χ0) is 21.1. The summed E-state index contributed by atoms with van der Waals surface area (Å²) in [5.41, 5.74) is 4.35. The van der Waals surface area contributed by atoms with Crippen molar-refractivity contribution in [2.24, 2.45) is 16.1 Å². The second-order valence-electron chi connectivity index (χ2n) is 8.43. The van der Waals surface area contributed by atoms with Crippen molar-refractivity contribution in [2.75, 3.05) is 19.0 Å². The number of carbonyl (C=O) groups is 1. The summed E-state index contributed by atoms with van der Waals surface area (Å²) in [6.45, 7) is 1.76. The van der Waals surface area contributed by atoms with Crippen molar-refractivity contribution in [3.8, 4) is 6.07 Å². The van der Waals surface area contributed by atoms with E-state index in [4.69, 9.17) is 10.5 Å². The Morgan fingerprint density at radius 3 is 2.66 bits per heavy atom. The highest BCUT2D eigenvalue weighted by Crippen LogP contribution is 2.47. The van der Waals surface area contributed by atoms with Crippen molar-refractivity contribution in [3.05, 3.63) is 35.1 Å². The summed E-state index contributed by atoms with van der Waals surface area (Å²) in [5, 5.41) is 9.20. The average Bonchev–Trinajstić information content (AvgIpc) is 3.29. The van der Waals surface area contributed by atoms with E-state index >= 15 is 0 Å². The van der Waals surface area contributed by atoms with Crippen LogP contribution in [0.1, 0.15) is 37.3 Å². The van der Waals surface area contributed by atoms with Crippen LogP contribution in [0, 0.1) is 22.6 Å². The van der Waals surface area contributed by atoms with Crippen molar-refractivity contribution in [1.29, 1.82) is 5.26 Å². The minimum atomic E-state index is -3.76. The van der Waals surface area contributed by atoms with Crippen LogP contribution in [-0.2, 0) is 31.3 Å². The van der Waals surface area contributed by atoms with Crippen molar-refractivity contribution in [3.63, 3.8) is 0 Å². The number of benzene rings is 1. The molecule has 2 heterocycles. The number of amidine groups is 1. The second kappa shape index (κ2) is 6.34. The fourth-order valence-corrected chi connectivity index (χ4v) is 6.48. The molecule has 0 unspecified atom stereocenters. The van der Waals surface area contributed by atoms with Crippen LogP contribution in [-0.4, -0.2) is 43.8 Å². The number of hydrogen-bond donors (Lipinski definition) is 1. The maximum atomic E-state index is 14.7. The van der Waals surface area contributed by atoms with E-state index in [0.717, 1.165) is 0 Å². The molecule has 154 valence electrons. The first-order valence-corrected chi connectivity index (χ1v) is 11.1. The monoisotopic (exact) mass is 419 g/mol. The first-order chi connectivity index (χ1) is 13.6. The highest BCUT2D eigenvalue weighted by Gasteiger charge is 2.57. The van der Waals surface area contributed by atoms with Gasteiger partial charge in [-0.2, -0.15) is 5.26 Å². The number of nitriles is 1. The van der Waals surface area contributed by atoms with Gasteiger partial charge in [-0.05, 0) is 43.9 Å². The van der Waals surface area contributed by atoms with Gasteiger partial charge in [0.2, 0.25) is 0 Å². The zero-order valence-electron chi connectivity index (χ0n) is 16.1. The second-order valence-corrected chi connectivity index (χ2v) is 10.7. The topological polar surface area (TPSA) is 123 Å². The maximum absolute atomic E-state index is 14.7. The Hall–Kier alpha value is -2.31. The lowest BCUT2D eigenvalue weighted by molar-refractivity contribution is -0.121. The minimum Gasteiger partial charge on any atom is -0.386 e. The van der Waals surface area contributed by atoms with E-state index in [1.54, 1.807) is 0 Å². The van der Waals surface area contributed by atoms with Gasteiger partial charge in [0.1, 0.15) is 22.6 Å². The minimum absolute atomic E-state index is 0.0133. The van der Waals surface area contributed by atoms with Crippen LogP contribution in [0.2, 0.25) is 0 Å². The molecule has 3 aliphatic rings. The van der Waals surface area contributed by atoms with Gasteiger partial charge in [0.15, 0.2) is 20.4 Å². The fourth-order valence-electron chi connectivity index (χ4n) is 4.23. The number of hydrogen-bond acceptors (Lipinski definition) is 7. The van der Waals surface area contributed by atoms with Crippen molar-refractivity contribution < 1.29 is 22.3 Å². The van der Waals surface area contributed by atoms with Crippen LogP contribution >= 0.6 is 0 Å². The third-order valence-corrected chi connectivity index (χ3v) is 9.02. The summed E-state index contributed by atoms with van der Waals surface area (Å²) in [5.74, 6) is -1.29. The maximum Gasteiger partial charge on any atom is 0.168 e. The highest BCUT2D eigenvalue weighted by atomic mass is 32.2. The Balaban J connectivity index is 1.72. The normalized spacial score (nSPS) is 31.8. The van der Waals surface area contributed by atoms with E-state index in [1.807, 2.05) is 0 Å². The molecule has 1 aromatic rings. The van der Waals surface area contributed by atoms with Gasteiger partial charge in [-0.1, -0.05) is 6.07 Å². The van der Waals surface area contributed by atoms with E-state index < -0.39 is 37.1 Å². The van der Waals surface area contributed by atoms with Crippen LogP contribution in [0.25, 0.3) is 0 Å². The highest BCUT2D eigenvalue weighted by molar-refractivity contribution is 7.93. The van der Waals surface area contributed by atoms with E-state index in [9.17, 15) is 22.9 Å². The Bertz CT molecular complexity index is 1070. The first kappa shape index (κ1) is 20.0. The molecule has 7 nitrogen and oxygen atoms in total. The van der Waals surface area contributed by atoms with Crippen LogP contribution in [0.4, 0.5) is 4.39 Å². The Morgan fingerprint density at radius 1 is 1.38 bits per heavy atom. The van der Waals surface area contributed by atoms with Crippen LogP contribution < -0.4 is 5.73 Å². The summed E-state index contributed by atoms with van der Waals surface area (Å²) in [4.78, 5) is 16.9. The first-order valence-electron chi connectivity index (χ1n) is 9.47. The molecule has 1 aliphatic carbocycles. The number of Topliss-reactive ketones (excluding diaryl/α,β-unsaturated/α-hetero) is 1. The van der Waals surface area contributed by atoms with Gasteiger partial charge in [-0.25, -0.2) is 12.8 Å². The van der Waals surface area contributed by atoms with E-state index in [0.29, 0.717) is 18.4 Å². The van der Waals surface area contributed by atoms with E-state index in [2.05, 4.69) is 11.1 Å². The molecule has 2 fully saturated rings. The van der Waals surface area contributed by atoms with Crippen molar-refractivity contribution in [2.45, 2.75) is 42.9 Å². The summed E-state index contributed by atoms with van der Waals surface area (Å²) in [6.07, 6.45) is 1.29. The van der Waals surface area contributed by atoms with Crippen molar-refractivity contribution >= 4 is 21.5 Å². The molecular weight excluding hydrogens is 397 g/mol. The SMILES string of the molecule is C[C@@]1(c2cc(CC(=O)C3(C#N)CC3)ccc2F)CS(=O)(=O)[C@]2(CCOC2)C(N)=N1. The third kappa shape index (κ3) is 2.97. The van der Waals surface area contributed by atoms with Gasteiger partial charge >= 0.3 is 0 Å². The summed E-state index contributed by atoms with van der Waals surface area (Å²) < 4.78 is 44.9. The molecule has 1 saturated heterocycles. The van der Waals surface area contributed by atoms with Crippen LogP contribution in [0.5, 0.6) is 0 Å². The molecule has 0 amide bonds. The number of nitrogens with two attached hydrogens (primary N) is 1. The number of carbonyl (C=O) groups excluding carboxylic acids is 1. The number of rotatable bonds is 4. The average molecular weight is 419 g/mol. The van der Waals surface area contributed by atoms with E-state index in [-0.39, 0.29) is 43.2 Å². The van der Waals surface area contributed by atoms with Crippen LogP contribution in [0.3, 0.4) is 0 Å². The third-order valence-electron chi connectivity index (χ3n) is 6.36. The predicted octanol–water partition coefficient (Wildman–Crippen LogP) is 1.40. The lowest BCUT2D eigenvalue weighted by Crippen LogP contribution is -2.58. The molecule has 1 spiro atoms. The molecule has 1 aromatic carbocycles. The molecular formula is C20H22FN3O4S. The Kier molecular flexibility index (Phi) is 4.37. The fraction of sp³-hybridized carbons (Fsp3) is 0.550. The van der Waals surface area contributed by atoms with Crippen molar-refractivity contribution in [1.82, 2.24) is 0 Å². The van der Waals surface area contributed by atoms with Gasteiger partial charge in [-0.15, -0.1) is 0 Å². The van der Waals surface area contributed by atoms with Gasteiger partial charge in [0, 0.05) is 18.6 Å². The molecule has 4 rings (SSSR count). The Labute approximate surface area is 168 Å². The smallest absolute Gasteiger partial charge is 0.168 e. The summed E-state index contributed by atoms with van der Waals surface area (Å²) in [7, 11) is -3.76. The predicted molar refractivity (Wildman–Crippen MR) is 103 cm³/mol. The molecule has 0 bridgehead atoms. The number of ether oxygens (including phenoxy) is 1. The lowest BCUT2D eigenvalue weighted by Gasteiger charge is -2.39. The molecule has 2 N–H and O–H groups in total. The molecule has 29 heavy (non-hydrogen) atoms. The number of halogens is 1. The van der Waals surface area contributed by atoms with E-state index in [1.165, 1.54) is 25.1 Å². The molecule has 1 saturated carbocycles. The lowest BCUT2D eigenvalue weighted by atomic mass is 9.89. The summed E-state index contributed by atoms with van der Waals surface area (Å²) in [6, 6.07) is 6.21. The van der Waals surface area contributed by atoms with Gasteiger partial charge in [0.25, 0.3) is 0 Å². The van der Waals surface area contributed by atoms with Gasteiger partial charge < -0.3 is 10.5 Å².